The lowest BCUT2D eigenvalue weighted by atomic mass is 10.1. The van der Waals surface area contributed by atoms with Gasteiger partial charge in [0.25, 0.3) is 5.91 Å². The van der Waals surface area contributed by atoms with Crippen LogP contribution >= 0.6 is 11.3 Å². The number of nitrogens with one attached hydrogen (secondary N) is 1. The van der Waals surface area contributed by atoms with Gasteiger partial charge in [-0.2, -0.15) is 0 Å². The largest absolute Gasteiger partial charge is 0.491 e. The molecule has 0 atom stereocenters. The van der Waals surface area contributed by atoms with Crippen LogP contribution in [0.25, 0.3) is 10.1 Å². The summed E-state index contributed by atoms with van der Waals surface area (Å²) in [7, 11) is 1.31. The number of methoxy groups -OCH3 is 1. The molecule has 5 nitrogen and oxygen atoms in total. The summed E-state index contributed by atoms with van der Waals surface area (Å²) in [5.74, 6) is -1.21. The molecular weight excluding hydrogens is 357 g/mol. The molecule has 7 heteroatoms. The Morgan fingerprint density at radius 2 is 1.96 bits per heavy atom. The summed E-state index contributed by atoms with van der Waals surface area (Å²) in [6.45, 7) is 2.19. The summed E-state index contributed by atoms with van der Waals surface area (Å²) < 4.78 is 25.0. The highest BCUT2D eigenvalue weighted by molar-refractivity contribution is 7.21. The maximum Gasteiger partial charge on any atom is 0.351 e. The first-order chi connectivity index (χ1) is 12.5. The van der Waals surface area contributed by atoms with E-state index in [-0.39, 0.29) is 5.56 Å². The zero-order valence-electron chi connectivity index (χ0n) is 14.2. The van der Waals surface area contributed by atoms with E-state index in [9.17, 15) is 14.0 Å². The fourth-order valence-electron chi connectivity index (χ4n) is 2.51. The molecule has 0 bridgehead atoms. The van der Waals surface area contributed by atoms with Gasteiger partial charge in [-0.1, -0.05) is 12.1 Å². The van der Waals surface area contributed by atoms with E-state index in [1.165, 1.54) is 36.6 Å². The lowest BCUT2D eigenvalue weighted by molar-refractivity contribution is 0.0602. The Morgan fingerprint density at radius 3 is 2.65 bits per heavy atom. The van der Waals surface area contributed by atoms with Crippen LogP contribution in [0.4, 0.5) is 10.1 Å². The number of ether oxygens (including phenoxy) is 2. The highest BCUT2D eigenvalue weighted by atomic mass is 32.1. The topological polar surface area (TPSA) is 64.6 Å². The molecule has 0 fully saturated rings. The van der Waals surface area contributed by atoms with Crippen LogP contribution in [-0.2, 0) is 4.74 Å². The molecule has 0 spiro atoms. The van der Waals surface area contributed by atoms with E-state index < -0.39 is 17.7 Å². The van der Waals surface area contributed by atoms with Crippen LogP contribution in [0, 0.1) is 5.82 Å². The molecule has 1 heterocycles. The van der Waals surface area contributed by atoms with Crippen molar-refractivity contribution < 1.29 is 23.5 Å². The van der Waals surface area contributed by atoms with Gasteiger partial charge in [-0.15, -0.1) is 11.3 Å². The quantitative estimate of drug-likeness (QED) is 0.670. The van der Waals surface area contributed by atoms with E-state index in [0.717, 1.165) is 4.70 Å². The summed E-state index contributed by atoms with van der Waals surface area (Å²) >= 11 is 1.25. The second-order valence-electron chi connectivity index (χ2n) is 5.33. The van der Waals surface area contributed by atoms with Gasteiger partial charge in [0.2, 0.25) is 0 Å². The first kappa shape index (κ1) is 17.9. The number of carbonyl (C=O) groups excluding carboxylic acids is 2. The van der Waals surface area contributed by atoms with Crippen molar-refractivity contribution in [1.82, 2.24) is 0 Å². The molecule has 134 valence electrons. The highest BCUT2D eigenvalue weighted by Gasteiger charge is 2.21. The number of hydrogen-bond acceptors (Lipinski definition) is 5. The van der Waals surface area contributed by atoms with Crippen molar-refractivity contribution in [2.75, 3.05) is 19.0 Å². The van der Waals surface area contributed by atoms with Crippen molar-refractivity contribution in [2.24, 2.45) is 0 Å². The van der Waals surface area contributed by atoms with Gasteiger partial charge in [0, 0.05) is 15.8 Å². The van der Waals surface area contributed by atoms with Gasteiger partial charge < -0.3 is 14.8 Å². The van der Waals surface area contributed by atoms with Crippen LogP contribution in [0.2, 0.25) is 0 Å². The van der Waals surface area contributed by atoms with Gasteiger partial charge >= 0.3 is 5.97 Å². The summed E-state index contributed by atoms with van der Waals surface area (Å²) in [5.41, 5.74) is 0.430. The third-order valence-corrected chi connectivity index (χ3v) is 4.81. The van der Waals surface area contributed by atoms with E-state index >= 15 is 0 Å². The minimum atomic E-state index is -0.593. The van der Waals surface area contributed by atoms with Crippen molar-refractivity contribution in [1.29, 1.82) is 0 Å². The van der Waals surface area contributed by atoms with Crippen molar-refractivity contribution >= 4 is 39.0 Å². The fourth-order valence-corrected chi connectivity index (χ4v) is 3.56. The van der Waals surface area contributed by atoms with E-state index in [2.05, 4.69) is 5.32 Å². The van der Waals surface area contributed by atoms with Crippen LogP contribution in [0.5, 0.6) is 5.75 Å². The lowest BCUT2D eigenvalue weighted by Gasteiger charge is -2.08. The van der Waals surface area contributed by atoms with Crippen molar-refractivity contribution in [3.63, 3.8) is 0 Å². The number of amides is 1. The van der Waals surface area contributed by atoms with Crippen molar-refractivity contribution in [2.45, 2.75) is 6.92 Å². The van der Waals surface area contributed by atoms with Crippen LogP contribution in [0.3, 0.4) is 0 Å². The van der Waals surface area contributed by atoms with Gasteiger partial charge in [-0.25, -0.2) is 9.18 Å². The van der Waals surface area contributed by atoms with E-state index in [4.69, 9.17) is 9.47 Å². The van der Waals surface area contributed by atoms with Crippen LogP contribution < -0.4 is 10.1 Å². The summed E-state index contributed by atoms with van der Waals surface area (Å²) in [4.78, 5) is 24.6. The van der Waals surface area contributed by atoms with E-state index in [1.54, 1.807) is 24.3 Å². The van der Waals surface area contributed by atoms with Crippen LogP contribution in [-0.4, -0.2) is 25.6 Å². The molecule has 0 aliphatic rings. The average molecular weight is 373 g/mol. The molecule has 0 saturated carbocycles. The number of rotatable bonds is 5. The van der Waals surface area contributed by atoms with Crippen LogP contribution in [0.15, 0.2) is 42.5 Å². The third-order valence-electron chi connectivity index (χ3n) is 3.68. The Bertz CT molecular complexity index is 983. The Morgan fingerprint density at radius 1 is 1.19 bits per heavy atom. The number of benzene rings is 2. The Kier molecular flexibility index (Phi) is 5.18. The SMILES string of the molecule is CCOc1c(C(=O)OC)sc2ccc(NC(=O)c3ccccc3F)cc12. The predicted molar refractivity (Wildman–Crippen MR) is 98.7 cm³/mol. The molecule has 3 rings (SSSR count). The van der Waals surface area contributed by atoms with Gasteiger partial charge in [0.15, 0.2) is 10.6 Å². The molecular formula is C19H16FNO4S. The molecule has 0 radical (unpaired) electrons. The molecule has 0 unspecified atom stereocenters. The molecule has 0 aliphatic heterocycles. The number of thiophene rings is 1. The Labute approximate surface area is 153 Å². The monoisotopic (exact) mass is 373 g/mol. The van der Waals surface area contributed by atoms with Crippen molar-refractivity contribution in [3.05, 3.63) is 58.7 Å². The first-order valence-electron chi connectivity index (χ1n) is 7.88. The standard InChI is InChI=1S/C19H16FNO4S/c1-3-25-16-13-10-11(8-9-15(13)26-17(16)19(23)24-2)21-18(22)12-6-4-5-7-14(12)20/h4-10H,3H2,1-2H3,(H,21,22). The van der Waals surface area contributed by atoms with Gasteiger partial charge in [0.1, 0.15) is 5.82 Å². The second-order valence-corrected chi connectivity index (χ2v) is 6.38. The van der Waals surface area contributed by atoms with E-state index in [0.29, 0.717) is 28.3 Å². The summed E-state index contributed by atoms with van der Waals surface area (Å²) in [6.07, 6.45) is 0. The predicted octanol–water partition coefficient (Wildman–Crippen LogP) is 4.48. The second kappa shape index (κ2) is 7.53. The van der Waals surface area contributed by atoms with Gasteiger partial charge in [-0.3, -0.25) is 4.79 Å². The van der Waals surface area contributed by atoms with Gasteiger partial charge in [0.05, 0.1) is 19.3 Å². The van der Waals surface area contributed by atoms with Crippen LogP contribution in [0.1, 0.15) is 27.0 Å². The number of anilines is 1. The molecule has 1 aromatic heterocycles. The number of hydrogen-bond donors (Lipinski definition) is 1. The molecule has 1 N–H and O–H groups in total. The average Bonchev–Trinajstić information content (AvgIpc) is 3.00. The zero-order chi connectivity index (χ0) is 18.7. The third kappa shape index (κ3) is 3.39. The molecule has 26 heavy (non-hydrogen) atoms. The summed E-state index contributed by atoms with van der Waals surface area (Å²) in [5, 5.41) is 3.35. The Hall–Kier alpha value is -2.93. The maximum absolute atomic E-state index is 13.8. The normalized spacial score (nSPS) is 10.6. The number of halogens is 1. The van der Waals surface area contributed by atoms with Gasteiger partial charge in [-0.05, 0) is 37.3 Å². The minimum absolute atomic E-state index is 0.0433. The lowest BCUT2D eigenvalue weighted by Crippen LogP contribution is -2.13. The minimum Gasteiger partial charge on any atom is -0.491 e. The molecule has 0 aliphatic carbocycles. The molecule has 3 aromatic rings. The molecule has 2 aromatic carbocycles. The number of fused-ring (bicyclic) bond motifs is 1. The first-order valence-corrected chi connectivity index (χ1v) is 8.70. The summed E-state index contributed by atoms with van der Waals surface area (Å²) in [6, 6.07) is 10.9. The smallest absolute Gasteiger partial charge is 0.351 e. The zero-order valence-corrected chi connectivity index (χ0v) is 15.0. The molecule has 0 saturated heterocycles. The number of carbonyl (C=O) groups is 2. The molecule has 1 amide bonds. The highest BCUT2D eigenvalue weighted by Crippen LogP contribution is 2.39. The number of esters is 1. The Balaban J connectivity index is 1.98. The van der Waals surface area contributed by atoms with Crippen molar-refractivity contribution in [3.8, 4) is 5.75 Å². The fraction of sp³-hybridized carbons (Fsp3) is 0.158. The van der Waals surface area contributed by atoms with E-state index in [1.807, 2.05) is 6.92 Å². The maximum atomic E-state index is 13.8.